The monoisotopic (exact) mass is 372 g/mol. The number of unbranched alkanes of at least 4 members (excludes halogenated alkanes) is 3. The van der Waals surface area contributed by atoms with Crippen molar-refractivity contribution in [3.05, 3.63) is 60.7 Å². The van der Waals surface area contributed by atoms with E-state index in [1.54, 1.807) is 6.92 Å². The van der Waals surface area contributed by atoms with Gasteiger partial charge in [0.1, 0.15) is 5.66 Å². The molecule has 0 saturated heterocycles. The van der Waals surface area contributed by atoms with Gasteiger partial charge < -0.3 is 9.30 Å². The second kappa shape index (κ2) is 10.3. The number of carbonyl (C=O) groups excluding carboxylic acids is 1. The van der Waals surface area contributed by atoms with Crippen LogP contribution in [0.4, 0.5) is 0 Å². The van der Waals surface area contributed by atoms with Gasteiger partial charge in [0.15, 0.2) is 7.14 Å². The van der Waals surface area contributed by atoms with Crippen molar-refractivity contribution < 1.29 is 14.1 Å². The van der Waals surface area contributed by atoms with E-state index >= 15 is 0 Å². The normalized spacial score (nSPS) is 12.5. The Hall–Kier alpha value is -1.86. The lowest BCUT2D eigenvalue weighted by Gasteiger charge is -2.27. The third-order valence-corrected chi connectivity index (χ3v) is 8.09. The summed E-state index contributed by atoms with van der Waals surface area (Å²) in [6, 6.07) is 18.8. The molecule has 26 heavy (non-hydrogen) atoms. The maximum Gasteiger partial charge on any atom is 0.317 e. The molecule has 0 aromatic heterocycles. The minimum Gasteiger partial charge on any atom is -0.465 e. The van der Waals surface area contributed by atoms with Crippen molar-refractivity contribution in [2.45, 2.75) is 51.6 Å². The van der Waals surface area contributed by atoms with Gasteiger partial charge in [0.2, 0.25) is 0 Å². The molecule has 0 N–H and O–H groups in total. The molecule has 0 radical (unpaired) electrons. The van der Waals surface area contributed by atoms with E-state index in [0.29, 0.717) is 13.0 Å². The predicted octanol–water partition coefficient (Wildman–Crippen LogP) is 4.90. The molecule has 0 aliphatic carbocycles. The molecular formula is C22H29O3P. The van der Waals surface area contributed by atoms with Crippen molar-refractivity contribution in [1.82, 2.24) is 0 Å². The van der Waals surface area contributed by atoms with E-state index in [9.17, 15) is 9.36 Å². The highest BCUT2D eigenvalue weighted by Gasteiger charge is 2.41. The van der Waals surface area contributed by atoms with E-state index in [0.717, 1.165) is 36.3 Å². The van der Waals surface area contributed by atoms with Gasteiger partial charge in [-0.2, -0.15) is 0 Å². The Morgan fingerprint density at radius 3 is 1.88 bits per heavy atom. The quantitative estimate of drug-likeness (QED) is 0.338. The lowest BCUT2D eigenvalue weighted by Crippen LogP contribution is -2.33. The molecule has 2 aromatic rings. The van der Waals surface area contributed by atoms with Crippen LogP contribution in [0.1, 0.15) is 46.0 Å². The molecule has 0 aliphatic heterocycles. The topological polar surface area (TPSA) is 43.4 Å². The van der Waals surface area contributed by atoms with Gasteiger partial charge in [-0.05, 0) is 13.3 Å². The van der Waals surface area contributed by atoms with Crippen LogP contribution in [0.3, 0.4) is 0 Å². The molecule has 2 rings (SSSR count). The van der Waals surface area contributed by atoms with Crippen molar-refractivity contribution in [2.24, 2.45) is 0 Å². The number of hydrogen-bond acceptors (Lipinski definition) is 3. The number of rotatable bonds is 10. The molecule has 0 spiro atoms. The van der Waals surface area contributed by atoms with Crippen molar-refractivity contribution in [2.75, 3.05) is 6.61 Å². The summed E-state index contributed by atoms with van der Waals surface area (Å²) in [5.41, 5.74) is -0.635. The summed E-state index contributed by atoms with van der Waals surface area (Å²) in [5.74, 6) is -0.347. The number of hydrogen-bond donors (Lipinski definition) is 0. The summed E-state index contributed by atoms with van der Waals surface area (Å²) in [6.45, 7) is 4.25. The Labute approximate surface area is 157 Å². The minimum absolute atomic E-state index is 0.299. The van der Waals surface area contributed by atoms with Crippen LogP contribution in [0.5, 0.6) is 0 Å². The fourth-order valence-corrected chi connectivity index (χ4v) is 6.42. The van der Waals surface area contributed by atoms with Crippen molar-refractivity contribution >= 4 is 23.7 Å². The van der Waals surface area contributed by atoms with Crippen LogP contribution in [-0.2, 0) is 14.1 Å². The Morgan fingerprint density at radius 1 is 0.885 bits per heavy atom. The average Bonchev–Trinajstić information content (AvgIpc) is 2.69. The second-order valence-corrected chi connectivity index (χ2v) is 9.42. The van der Waals surface area contributed by atoms with Crippen LogP contribution in [0, 0.1) is 0 Å². The van der Waals surface area contributed by atoms with Crippen molar-refractivity contribution in [1.29, 1.82) is 0 Å². The van der Waals surface area contributed by atoms with Crippen LogP contribution in [-0.4, -0.2) is 18.2 Å². The van der Waals surface area contributed by atoms with Crippen LogP contribution < -0.4 is 10.6 Å². The Kier molecular flexibility index (Phi) is 8.12. The molecule has 0 saturated carbocycles. The van der Waals surface area contributed by atoms with Crippen LogP contribution in [0.2, 0.25) is 0 Å². The first-order chi connectivity index (χ1) is 12.6. The maximum atomic E-state index is 14.4. The number of benzene rings is 2. The third kappa shape index (κ3) is 4.86. The first-order valence-electron chi connectivity index (χ1n) is 9.52. The third-order valence-electron chi connectivity index (χ3n) is 4.61. The smallest absolute Gasteiger partial charge is 0.317 e. The van der Waals surface area contributed by atoms with E-state index in [4.69, 9.17) is 4.74 Å². The summed E-state index contributed by atoms with van der Waals surface area (Å²) in [6.07, 6.45) is 4.74. The lowest BCUT2D eigenvalue weighted by molar-refractivity contribution is -0.142. The van der Waals surface area contributed by atoms with E-state index in [-0.39, 0.29) is 5.97 Å². The van der Waals surface area contributed by atoms with Crippen LogP contribution in [0.15, 0.2) is 60.7 Å². The second-order valence-electron chi connectivity index (χ2n) is 6.45. The summed E-state index contributed by atoms with van der Waals surface area (Å²) in [5, 5.41) is 1.44. The summed E-state index contributed by atoms with van der Waals surface area (Å²) in [7, 11) is -3.14. The molecule has 4 heteroatoms. The number of esters is 1. The molecule has 0 bridgehead atoms. The zero-order valence-electron chi connectivity index (χ0n) is 15.8. The molecule has 1 atom stereocenters. The van der Waals surface area contributed by atoms with Crippen LogP contribution >= 0.6 is 7.14 Å². The molecule has 0 aliphatic rings. The first kappa shape index (κ1) is 20.5. The standard InChI is InChI=1S/C22H29O3P/c1-3-5-6-13-18-21(22(23)25-4-2)26(24,19-14-9-7-10-15-19)20-16-11-8-12-17-20/h7-12,14-17,21H,3-6,13,18H2,1-2H3. The van der Waals surface area contributed by atoms with Crippen molar-refractivity contribution in [3.8, 4) is 0 Å². The molecule has 0 amide bonds. The first-order valence-corrected chi connectivity index (χ1v) is 11.3. The Morgan fingerprint density at radius 2 is 1.42 bits per heavy atom. The summed E-state index contributed by atoms with van der Waals surface area (Å²) >= 11 is 0. The van der Waals surface area contributed by atoms with E-state index in [2.05, 4.69) is 6.92 Å². The van der Waals surface area contributed by atoms with E-state index in [1.165, 1.54) is 0 Å². The molecule has 1 unspecified atom stereocenters. The molecule has 140 valence electrons. The highest BCUT2D eigenvalue weighted by atomic mass is 31.2. The maximum absolute atomic E-state index is 14.4. The fourth-order valence-electron chi connectivity index (χ4n) is 3.26. The predicted molar refractivity (Wildman–Crippen MR) is 109 cm³/mol. The molecule has 0 fully saturated rings. The molecular weight excluding hydrogens is 343 g/mol. The highest BCUT2D eigenvalue weighted by Crippen LogP contribution is 2.51. The van der Waals surface area contributed by atoms with Gasteiger partial charge >= 0.3 is 5.97 Å². The van der Waals surface area contributed by atoms with Gasteiger partial charge in [0, 0.05) is 10.6 Å². The van der Waals surface area contributed by atoms with E-state index < -0.39 is 12.8 Å². The molecule has 0 heterocycles. The van der Waals surface area contributed by atoms with Gasteiger partial charge in [-0.15, -0.1) is 0 Å². The van der Waals surface area contributed by atoms with Gasteiger partial charge in [-0.3, -0.25) is 4.79 Å². The van der Waals surface area contributed by atoms with Crippen molar-refractivity contribution in [3.63, 3.8) is 0 Å². The zero-order chi connectivity index (χ0) is 18.8. The zero-order valence-corrected chi connectivity index (χ0v) is 16.7. The van der Waals surface area contributed by atoms with E-state index in [1.807, 2.05) is 60.7 Å². The number of ether oxygens (including phenoxy) is 1. The summed E-state index contributed by atoms with van der Waals surface area (Å²) in [4.78, 5) is 12.8. The molecule has 2 aromatic carbocycles. The summed E-state index contributed by atoms with van der Waals surface area (Å²) < 4.78 is 19.7. The SMILES string of the molecule is CCCCCCC(C(=O)OCC)P(=O)(c1ccccc1)c1ccccc1. The van der Waals surface area contributed by atoms with Gasteiger partial charge in [0.05, 0.1) is 6.61 Å². The minimum atomic E-state index is -3.14. The Bertz CT molecular complexity index is 669. The fraction of sp³-hybridized carbons (Fsp3) is 0.409. The van der Waals surface area contributed by atoms with Gasteiger partial charge in [0.25, 0.3) is 0 Å². The highest BCUT2D eigenvalue weighted by molar-refractivity contribution is 7.80. The number of carbonyl (C=O) groups is 1. The average molecular weight is 372 g/mol. The van der Waals surface area contributed by atoms with Crippen LogP contribution in [0.25, 0.3) is 0 Å². The molecule has 3 nitrogen and oxygen atoms in total. The Balaban J connectivity index is 2.47. The van der Waals surface area contributed by atoms with Gasteiger partial charge in [-0.1, -0.05) is 93.3 Å². The van der Waals surface area contributed by atoms with Gasteiger partial charge in [-0.25, -0.2) is 0 Å². The largest absolute Gasteiger partial charge is 0.465 e. The lowest BCUT2D eigenvalue weighted by atomic mass is 10.1.